The highest BCUT2D eigenvalue weighted by atomic mass is 127. The fourth-order valence-corrected chi connectivity index (χ4v) is 6.48. The smallest absolute Gasteiger partial charge is 0.465 e. The molecule has 0 aliphatic carbocycles. The predicted octanol–water partition coefficient (Wildman–Crippen LogP) is 6.22. The number of methoxy groups -OCH3 is 2. The zero-order valence-corrected chi connectivity index (χ0v) is 35.5. The minimum Gasteiger partial charge on any atom is -0.465 e. The van der Waals surface area contributed by atoms with E-state index in [-0.39, 0.29) is 24.2 Å². The largest absolute Gasteiger partial charge is 0.495 e. The van der Waals surface area contributed by atoms with Gasteiger partial charge in [-0.15, -0.1) is 0 Å². The lowest BCUT2D eigenvalue weighted by atomic mass is 9.75. The summed E-state index contributed by atoms with van der Waals surface area (Å²) >= 11 is 2.08. The van der Waals surface area contributed by atoms with Gasteiger partial charge in [0.2, 0.25) is 0 Å². The quantitative estimate of drug-likeness (QED) is 0.126. The zero-order chi connectivity index (χ0) is 41.2. The molecule has 3 aliphatic heterocycles. The molecular formula is C41H50BIN6O8. The minimum absolute atomic E-state index is 0. The van der Waals surface area contributed by atoms with Gasteiger partial charge < -0.3 is 38.2 Å². The second-order valence-electron chi connectivity index (χ2n) is 15.6. The molecule has 2 N–H and O–H groups in total. The van der Waals surface area contributed by atoms with Crippen molar-refractivity contribution in [3.63, 3.8) is 0 Å². The predicted molar refractivity (Wildman–Crippen MR) is 222 cm³/mol. The van der Waals surface area contributed by atoms with Crippen molar-refractivity contribution in [1.82, 2.24) is 19.9 Å². The number of nitrogens with one attached hydrogen (secondary N) is 2. The monoisotopic (exact) mass is 892 g/mol. The number of hydrogen-bond donors (Lipinski definition) is 2. The van der Waals surface area contributed by atoms with Crippen molar-refractivity contribution in [1.29, 1.82) is 10.5 Å². The van der Waals surface area contributed by atoms with E-state index < -0.39 is 24.3 Å². The highest BCUT2D eigenvalue weighted by molar-refractivity contribution is 14.1. The third kappa shape index (κ3) is 9.26. The number of esters is 2. The van der Waals surface area contributed by atoms with Crippen LogP contribution in [0.3, 0.4) is 0 Å². The van der Waals surface area contributed by atoms with Gasteiger partial charge in [-0.25, -0.2) is 19.6 Å². The summed E-state index contributed by atoms with van der Waals surface area (Å²) in [6, 6.07) is 14.8. The Morgan fingerprint density at radius 1 is 0.754 bits per heavy atom. The van der Waals surface area contributed by atoms with Crippen LogP contribution in [0, 0.1) is 40.2 Å². The Morgan fingerprint density at radius 3 is 1.65 bits per heavy atom. The van der Waals surface area contributed by atoms with Crippen molar-refractivity contribution >= 4 is 47.1 Å². The van der Waals surface area contributed by atoms with Gasteiger partial charge in [0.25, 0.3) is 0 Å². The van der Waals surface area contributed by atoms with Gasteiger partial charge in [-0.3, -0.25) is 0 Å². The van der Waals surface area contributed by atoms with Crippen LogP contribution in [0.5, 0.6) is 0 Å². The average Bonchev–Trinajstić information content (AvgIpc) is 3.82. The Kier molecular flexibility index (Phi) is 13.9. The van der Waals surface area contributed by atoms with Crippen LogP contribution in [0.4, 0.5) is 0 Å². The molecule has 3 aliphatic rings. The van der Waals surface area contributed by atoms with Crippen LogP contribution in [-0.2, 0) is 39.1 Å². The molecule has 0 unspecified atom stereocenters. The van der Waals surface area contributed by atoms with Gasteiger partial charge in [-0.1, -0.05) is 25.1 Å². The normalized spacial score (nSPS) is 17.7. The molecule has 3 saturated heterocycles. The molecule has 302 valence electrons. The van der Waals surface area contributed by atoms with Crippen LogP contribution >= 0.6 is 22.6 Å². The Morgan fingerprint density at radius 2 is 1.21 bits per heavy atom. The van der Waals surface area contributed by atoms with Crippen LogP contribution in [-0.4, -0.2) is 90.8 Å². The molecule has 14 nitrogen and oxygen atoms in total. The van der Waals surface area contributed by atoms with Crippen LogP contribution < -0.4 is 5.46 Å². The summed E-state index contributed by atoms with van der Waals surface area (Å²) in [6.45, 7) is 18.6. The summed E-state index contributed by atoms with van der Waals surface area (Å²) in [6.07, 6.45) is 0. The first-order chi connectivity index (χ1) is 26.3. The van der Waals surface area contributed by atoms with Gasteiger partial charge in [-0.2, -0.15) is 10.5 Å². The number of aromatic nitrogens is 4. The van der Waals surface area contributed by atoms with Crippen molar-refractivity contribution in [3.8, 4) is 23.4 Å². The zero-order valence-electron chi connectivity index (χ0n) is 33.3. The molecule has 7 rings (SSSR count). The van der Waals surface area contributed by atoms with Gasteiger partial charge >= 0.3 is 19.1 Å². The number of ether oxygens (including phenoxy) is 4. The number of carbonyl (C=O) groups excluding carboxylic acids is 2. The summed E-state index contributed by atoms with van der Waals surface area (Å²) in [5.41, 5.74) is 4.95. The average molecular weight is 893 g/mol. The summed E-state index contributed by atoms with van der Waals surface area (Å²) < 4.78 is 32.8. The van der Waals surface area contributed by atoms with Crippen molar-refractivity contribution in [2.75, 3.05) is 40.6 Å². The SMILES string of the molecule is C.CC1(c2nc(C#N)c(I)[nH]2)COC1.COC(=O)c1ccc(C)c(-c2[nH]c(C3(C)COC3)nc2C#N)c1.COC(=O)c1ccc(C)c(B2OC(C)(C)C(C)(C)O2)c1. The summed E-state index contributed by atoms with van der Waals surface area (Å²) in [4.78, 5) is 38.4. The number of hydrogen-bond acceptors (Lipinski definition) is 12. The highest BCUT2D eigenvalue weighted by Crippen LogP contribution is 2.37. The van der Waals surface area contributed by atoms with Crippen molar-refractivity contribution < 1.29 is 37.8 Å². The maximum absolute atomic E-state index is 11.8. The number of rotatable bonds is 6. The summed E-state index contributed by atoms with van der Waals surface area (Å²) in [7, 11) is 2.25. The van der Waals surface area contributed by atoms with Crippen LogP contribution in [0.2, 0.25) is 0 Å². The van der Waals surface area contributed by atoms with E-state index in [1.54, 1.807) is 24.3 Å². The molecule has 0 radical (unpaired) electrons. The van der Waals surface area contributed by atoms with Gasteiger partial charge in [0, 0.05) is 5.56 Å². The molecule has 2 aromatic heterocycles. The van der Waals surface area contributed by atoms with Gasteiger partial charge in [-0.05, 0) is 113 Å². The number of benzene rings is 2. The van der Waals surface area contributed by atoms with Gasteiger partial charge in [0.1, 0.15) is 27.5 Å². The maximum Gasteiger partial charge on any atom is 0.495 e. The molecule has 57 heavy (non-hydrogen) atoms. The topological polar surface area (TPSA) is 194 Å². The number of halogens is 1. The number of carbonyl (C=O) groups is 2. The first-order valence-electron chi connectivity index (χ1n) is 17.9. The number of nitriles is 2. The molecule has 16 heteroatoms. The first-order valence-corrected chi connectivity index (χ1v) is 19.0. The van der Waals surface area contributed by atoms with E-state index in [1.165, 1.54) is 14.2 Å². The molecule has 2 aromatic carbocycles. The number of aryl methyl sites for hydroxylation is 2. The molecule has 4 aromatic rings. The Bertz CT molecular complexity index is 2190. The summed E-state index contributed by atoms with van der Waals surface area (Å²) in [5.74, 6) is 0.824. The molecule has 5 heterocycles. The van der Waals surface area contributed by atoms with E-state index in [2.05, 4.69) is 55.5 Å². The van der Waals surface area contributed by atoms with Crippen molar-refractivity contribution in [3.05, 3.63) is 85.4 Å². The maximum atomic E-state index is 11.8. The van der Waals surface area contributed by atoms with Crippen LogP contribution in [0.1, 0.15) is 104 Å². The van der Waals surface area contributed by atoms with E-state index in [4.69, 9.17) is 33.5 Å². The molecular weight excluding hydrogens is 842 g/mol. The third-order valence-electron chi connectivity index (χ3n) is 10.5. The van der Waals surface area contributed by atoms with E-state index in [0.29, 0.717) is 54.6 Å². The van der Waals surface area contributed by atoms with E-state index in [1.807, 2.05) is 66.7 Å². The molecule has 0 amide bonds. The van der Waals surface area contributed by atoms with Crippen LogP contribution in [0.15, 0.2) is 36.4 Å². The second kappa shape index (κ2) is 17.5. The number of H-pyrrole nitrogens is 2. The molecule has 3 fully saturated rings. The van der Waals surface area contributed by atoms with Crippen LogP contribution in [0.25, 0.3) is 11.3 Å². The lowest BCUT2D eigenvalue weighted by Gasteiger charge is -2.36. The van der Waals surface area contributed by atoms with Crippen molar-refractivity contribution in [2.45, 2.75) is 84.8 Å². The second-order valence-corrected chi connectivity index (χ2v) is 16.6. The highest BCUT2D eigenvalue weighted by Gasteiger charge is 2.52. The third-order valence-corrected chi connectivity index (χ3v) is 11.3. The fourth-order valence-electron chi connectivity index (χ4n) is 5.98. The van der Waals surface area contributed by atoms with E-state index >= 15 is 0 Å². The van der Waals surface area contributed by atoms with Gasteiger partial charge in [0.15, 0.2) is 11.4 Å². The minimum atomic E-state index is -0.468. The number of imidazole rings is 2. The van der Waals surface area contributed by atoms with E-state index in [0.717, 1.165) is 37.5 Å². The Balaban J connectivity index is 0.000000195. The number of nitrogens with zero attached hydrogens (tertiary/aromatic N) is 4. The standard InChI is InChI=1S/C17H17N3O3.C15H21BO4.C8H8IN3O.CH4/c1-10-4-5-11(15(21)22-3)6-12(10)14-13(7-18)19-16(20-14)17(2)8-23-9-17;1-10-7-8-11(13(17)18-6)9-12(10)16-19-14(2,3)15(4,5)20-16;1-8(3-13-4-8)7-11-5(2-10)6(9)12-7;/h4-6H,8-9H2,1-3H3,(H,19,20);7-9H,1-6H3;3-4H2,1H3,(H,11,12);1H4. The first kappa shape index (κ1) is 45.1. The number of aromatic amines is 2. The fraction of sp³-hybridized carbons (Fsp3) is 0.463. The van der Waals surface area contributed by atoms with E-state index in [9.17, 15) is 14.9 Å². The van der Waals surface area contributed by atoms with Crippen molar-refractivity contribution in [2.24, 2.45) is 0 Å². The molecule has 0 atom stereocenters. The Hall–Kier alpha value is -4.59. The Labute approximate surface area is 348 Å². The van der Waals surface area contributed by atoms with Gasteiger partial charge in [0.05, 0.1) is 79.5 Å². The lowest BCUT2D eigenvalue weighted by molar-refractivity contribution is -0.0540. The molecule has 0 spiro atoms. The lowest BCUT2D eigenvalue weighted by Crippen LogP contribution is -2.44. The molecule has 0 bridgehead atoms. The summed E-state index contributed by atoms with van der Waals surface area (Å²) in [5, 5.41) is 18.1. The molecule has 0 saturated carbocycles.